The van der Waals surface area contributed by atoms with Crippen molar-refractivity contribution in [3.63, 3.8) is 0 Å². The molecule has 1 aliphatic rings. The first-order valence-corrected chi connectivity index (χ1v) is 11.1. The number of amidine groups is 1. The maximum absolute atomic E-state index is 13.5. The summed E-state index contributed by atoms with van der Waals surface area (Å²) in [6, 6.07) is 17.3. The van der Waals surface area contributed by atoms with E-state index in [2.05, 4.69) is 10.3 Å². The van der Waals surface area contributed by atoms with Gasteiger partial charge in [-0.05, 0) is 48.0 Å². The molecule has 0 radical (unpaired) electrons. The van der Waals surface area contributed by atoms with Gasteiger partial charge in [0.1, 0.15) is 11.5 Å². The number of thioether (sulfide) groups is 1. The topological polar surface area (TPSA) is 105 Å². The number of rotatable bonds is 6. The van der Waals surface area contributed by atoms with Gasteiger partial charge in [0.15, 0.2) is 5.17 Å². The molecule has 1 heterocycles. The van der Waals surface area contributed by atoms with Gasteiger partial charge in [-0.25, -0.2) is 9.38 Å². The van der Waals surface area contributed by atoms with E-state index in [1.807, 2.05) is 18.2 Å². The van der Waals surface area contributed by atoms with Crippen LogP contribution >= 0.6 is 11.8 Å². The van der Waals surface area contributed by atoms with Gasteiger partial charge in [0.2, 0.25) is 11.7 Å². The number of amides is 2. The summed E-state index contributed by atoms with van der Waals surface area (Å²) in [6.45, 7) is 0. The van der Waals surface area contributed by atoms with Crippen LogP contribution in [-0.4, -0.2) is 27.7 Å². The fraction of sp³-hybridized carbons (Fsp3) is 0.0417. The largest absolute Gasteiger partial charge is 0.325 e. The molecule has 0 aromatic heterocycles. The van der Waals surface area contributed by atoms with Crippen molar-refractivity contribution in [2.45, 2.75) is 0 Å². The lowest BCUT2D eigenvalue weighted by Gasteiger charge is -2.17. The van der Waals surface area contributed by atoms with Crippen molar-refractivity contribution in [1.82, 2.24) is 0 Å². The zero-order chi connectivity index (χ0) is 24.9. The molecule has 2 amide bonds. The average Bonchev–Trinajstić information content (AvgIpc) is 3.15. The first kappa shape index (κ1) is 23.8. The highest BCUT2D eigenvalue weighted by molar-refractivity contribution is 8.14. The van der Waals surface area contributed by atoms with Crippen molar-refractivity contribution in [2.24, 2.45) is 4.99 Å². The lowest BCUT2D eigenvalue weighted by molar-refractivity contribution is -0.387. The number of hydrogen-bond acceptors (Lipinski definition) is 6. The second kappa shape index (κ2) is 10.3. The van der Waals surface area contributed by atoms with Gasteiger partial charge in [0, 0.05) is 11.8 Å². The standard InChI is InChI=1S/C24H16F2N4O4S/c25-16-6-9-18(10-7-16)29-23(32)20(12-15-4-2-1-3-5-15)28-24(29)35-14-22(31)27-17-8-11-19(26)21(13-17)30(33)34/h1-13H,14H2,(H,27,31). The van der Waals surface area contributed by atoms with Gasteiger partial charge in [-0.2, -0.15) is 4.39 Å². The highest BCUT2D eigenvalue weighted by atomic mass is 32.2. The van der Waals surface area contributed by atoms with E-state index in [1.165, 1.54) is 35.2 Å². The number of hydrogen-bond donors (Lipinski definition) is 1. The molecule has 11 heteroatoms. The monoisotopic (exact) mass is 494 g/mol. The Labute approximate surface area is 202 Å². The van der Waals surface area contributed by atoms with Crippen LogP contribution in [0.1, 0.15) is 5.56 Å². The summed E-state index contributed by atoms with van der Waals surface area (Å²) in [4.78, 5) is 41.2. The molecule has 0 saturated carbocycles. The number of benzene rings is 3. The molecular weight excluding hydrogens is 478 g/mol. The normalized spacial score (nSPS) is 14.2. The third-order valence-electron chi connectivity index (χ3n) is 4.78. The average molecular weight is 494 g/mol. The molecule has 35 heavy (non-hydrogen) atoms. The minimum Gasteiger partial charge on any atom is -0.325 e. The number of halogens is 2. The maximum atomic E-state index is 13.5. The molecule has 3 aromatic carbocycles. The molecule has 3 aromatic rings. The fourth-order valence-corrected chi connectivity index (χ4v) is 3.99. The molecule has 1 N–H and O–H groups in total. The highest BCUT2D eigenvalue weighted by Crippen LogP contribution is 2.30. The molecule has 0 fully saturated rings. The van der Waals surface area contributed by atoms with Crippen molar-refractivity contribution in [1.29, 1.82) is 0 Å². The van der Waals surface area contributed by atoms with Crippen molar-refractivity contribution < 1.29 is 23.3 Å². The summed E-state index contributed by atoms with van der Waals surface area (Å²) in [5.74, 6) is -2.69. The predicted octanol–water partition coefficient (Wildman–Crippen LogP) is 4.99. The van der Waals surface area contributed by atoms with Crippen molar-refractivity contribution >= 4 is 51.9 Å². The fourth-order valence-electron chi connectivity index (χ4n) is 3.18. The van der Waals surface area contributed by atoms with Crippen LogP contribution in [0.3, 0.4) is 0 Å². The number of nitrogens with one attached hydrogen (secondary N) is 1. The van der Waals surface area contributed by atoms with E-state index in [1.54, 1.807) is 18.2 Å². The summed E-state index contributed by atoms with van der Waals surface area (Å²) in [6.07, 6.45) is 1.60. The van der Waals surface area contributed by atoms with Crippen LogP contribution in [0, 0.1) is 21.7 Å². The summed E-state index contributed by atoms with van der Waals surface area (Å²) >= 11 is 0.951. The van der Waals surface area contributed by atoms with Crippen molar-refractivity contribution in [3.8, 4) is 0 Å². The van der Waals surface area contributed by atoms with E-state index in [0.29, 0.717) is 5.69 Å². The van der Waals surface area contributed by atoms with Crippen LogP contribution in [0.5, 0.6) is 0 Å². The Bertz CT molecular complexity index is 1360. The SMILES string of the molecule is O=C(CSC1=NC(=Cc2ccccc2)C(=O)N1c1ccc(F)cc1)Nc1ccc(F)c([N+](=O)[O-])c1. The third-order valence-corrected chi connectivity index (χ3v) is 5.71. The van der Waals surface area contributed by atoms with Crippen LogP contribution in [0.25, 0.3) is 6.08 Å². The van der Waals surface area contributed by atoms with Crippen LogP contribution in [0.2, 0.25) is 0 Å². The minimum absolute atomic E-state index is 0.0493. The van der Waals surface area contributed by atoms with Gasteiger partial charge in [-0.15, -0.1) is 0 Å². The van der Waals surface area contributed by atoms with Crippen LogP contribution in [-0.2, 0) is 9.59 Å². The van der Waals surface area contributed by atoms with E-state index in [-0.39, 0.29) is 22.3 Å². The number of carbonyl (C=O) groups is 2. The van der Waals surface area contributed by atoms with E-state index >= 15 is 0 Å². The first-order valence-electron chi connectivity index (χ1n) is 10.1. The minimum atomic E-state index is -1.02. The first-order chi connectivity index (χ1) is 16.8. The van der Waals surface area contributed by atoms with E-state index in [0.717, 1.165) is 29.5 Å². The Morgan fingerprint density at radius 2 is 1.80 bits per heavy atom. The summed E-state index contributed by atoms with van der Waals surface area (Å²) in [5, 5.41) is 13.6. The van der Waals surface area contributed by atoms with Gasteiger partial charge in [0.25, 0.3) is 5.91 Å². The molecule has 4 rings (SSSR count). The van der Waals surface area contributed by atoms with Crippen molar-refractivity contribution in [2.75, 3.05) is 16.0 Å². The molecule has 0 saturated heterocycles. The second-order valence-corrected chi connectivity index (χ2v) is 8.15. The Morgan fingerprint density at radius 3 is 2.49 bits per heavy atom. The zero-order valence-electron chi connectivity index (χ0n) is 17.9. The Hall–Kier alpha value is -4.38. The van der Waals surface area contributed by atoms with Crippen molar-refractivity contribution in [3.05, 3.63) is 106 Å². The molecule has 8 nitrogen and oxygen atoms in total. The highest BCUT2D eigenvalue weighted by Gasteiger charge is 2.32. The lowest BCUT2D eigenvalue weighted by atomic mass is 10.2. The Kier molecular flexibility index (Phi) is 6.97. The number of carbonyl (C=O) groups excluding carboxylic acids is 2. The van der Waals surface area contributed by atoms with E-state index in [9.17, 15) is 28.5 Å². The van der Waals surface area contributed by atoms with Gasteiger partial charge < -0.3 is 5.32 Å². The summed E-state index contributed by atoms with van der Waals surface area (Å²) < 4.78 is 27.0. The number of anilines is 2. The quantitative estimate of drug-likeness (QED) is 0.295. The zero-order valence-corrected chi connectivity index (χ0v) is 18.7. The second-order valence-electron chi connectivity index (χ2n) is 7.21. The molecule has 0 atom stereocenters. The maximum Gasteiger partial charge on any atom is 0.306 e. The van der Waals surface area contributed by atoms with Crippen LogP contribution in [0.15, 0.2) is 83.5 Å². The molecule has 0 unspecified atom stereocenters. The van der Waals surface area contributed by atoms with Gasteiger partial charge in [-0.1, -0.05) is 42.1 Å². The number of nitro groups is 1. The molecular formula is C24H16F2N4O4S. The smallest absolute Gasteiger partial charge is 0.306 e. The Morgan fingerprint density at radius 1 is 1.09 bits per heavy atom. The molecule has 176 valence electrons. The predicted molar refractivity (Wildman–Crippen MR) is 130 cm³/mol. The van der Waals surface area contributed by atoms with E-state index in [4.69, 9.17) is 0 Å². The molecule has 0 spiro atoms. The van der Waals surface area contributed by atoms with Crippen LogP contribution in [0.4, 0.5) is 25.8 Å². The van der Waals surface area contributed by atoms with E-state index < -0.39 is 34.1 Å². The number of nitrogens with zero attached hydrogens (tertiary/aromatic N) is 3. The molecule has 0 bridgehead atoms. The van der Waals surface area contributed by atoms with Gasteiger partial charge in [-0.3, -0.25) is 24.6 Å². The molecule has 0 aliphatic carbocycles. The Balaban J connectivity index is 1.54. The van der Waals surface area contributed by atoms with Gasteiger partial charge >= 0.3 is 5.69 Å². The van der Waals surface area contributed by atoms with Gasteiger partial charge in [0.05, 0.1) is 16.4 Å². The summed E-state index contributed by atoms with van der Waals surface area (Å²) in [5.41, 5.74) is 0.541. The van der Waals surface area contributed by atoms with Crippen LogP contribution < -0.4 is 10.2 Å². The third kappa shape index (κ3) is 5.58. The number of nitro benzene ring substituents is 1. The molecule has 1 aliphatic heterocycles. The lowest BCUT2D eigenvalue weighted by Crippen LogP contribution is -2.31. The summed E-state index contributed by atoms with van der Waals surface area (Å²) in [7, 11) is 0. The number of aliphatic imine (C=N–C) groups is 1.